The maximum Gasteiger partial charge on any atom is 0.319 e. The predicted molar refractivity (Wildman–Crippen MR) is 120 cm³/mol. The van der Waals surface area contributed by atoms with Crippen molar-refractivity contribution in [1.29, 1.82) is 0 Å². The van der Waals surface area contributed by atoms with Crippen LogP contribution in [0.15, 0.2) is 54.7 Å². The number of nitrogens with one attached hydrogen (secondary N) is 2. The van der Waals surface area contributed by atoms with Crippen LogP contribution in [0.4, 0.5) is 5.69 Å². The van der Waals surface area contributed by atoms with Crippen molar-refractivity contribution in [2.24, 2.45) is 5.92 Å². The van der Waals surface area contributed by atoms with Crippen LogP contribution >= 0.6 is 0 Å². The Morgan fingerprint density at radius 1 is 1.06 bits per heavy atom. The molecule has 0 aliphatic carbocycles. The molecule has 2 heterocycles. The van der Waals surface area contributed by atoms with Crippen molar-refractivity contribution in [2.75, 3.05) is 32.2 Å². The highest BCUT2D eigenvalue weighted by atomic mass is 16.5. The van der Waals surface area contributed by atoms with Gasteiger partial charge in [0.25, 0.3) is 5.91 Å². The maximum absolute atomic E-state index is 13.1. The molecule has 1 aromatic heterocycles. The summed E-state index contributed by atoms with van der Waals surface area (Å²) in [5, 5.41) is 19.5. The van der Waals surface area contributed by atoms with Crippen LogP contribution in [0, 0.1) is 11.1 Å². The van der Waals surface area contributed by atoms with Crippen LogP contribution in [-0.4, -0.2) is 38.7 Å². The highest BCUT2D eigenvalue weighted by Gasteiger charge is 2.25. The minimum absolute atomic E-state index is 0.147. The van der Waals surface area contributed by atoms with E-state index in [1.165, 1.54) is 12.3 Å². The molecular weight excluding hydrogens is 410 g/mol. The first kappa shape index (κ1) is 21.6. The number of hydrogen-bond donors (Lipinski definition) is 2. The van der Waals surface area contributed by atoms with Gasteiger partial charge in [0, 0.05) is 36.8 Å². The minimum Gasteiger partial charge on any atom is -0.618 e. The van der Waals surface area contributed by atoms with Crippen molar-refractivity contribution in [3.63, 3.8) is 0 Å². The molecule has 1 aliphatic heterocycles. The van der Waals surface area contributed by atoms with Gasteiger partial charge in [-0.1, -0.05) is 24.3 Å². The Morgan fingerprint density at radius 3 is 2.56 bits per heavy atom. The summed E-state index contributed by atoms with van der Waals surface area (Å²) in [6, 6.07) is 13.8. The third kappa shape index (κ3) is 4.50. The van der Waals surface area contributed by atoms with Crippen LogP contribution in [0.1, 0.15) is 33.7 Å². The Hall–Kier alpha value is -3.65. The average Bonchev–Trinajstić information content (AvgIpc) is 2.82. The second-order valence-corrected chi connectivity index (χ2v) is 7.68. The number of ether oxygens (including phenoxy) is 2. The molecule has 8 nitrogen and oxygen atoms in total. The Morgan fingerprint density at radius 2 is 1.81 bits per heavy atom. The van der Waals surface area contributed by atoms with E-state index in [4.69, 9.17) is 9.47 Å². The first-order valence-corrected chi connectivity index (χ1v) is 10.5. The summed E-state index contributed by atoms with van der Waals surface area (Å²) in [5.74, 6) is 0.0122. The highest BCUT2D eigenvalue weighted by Crippen LogP contribution is 2.29. The fourth-order valence-corrected chi connectivity index (χ4v) is 3.92. The Balaban J connectivity index is 1.57. The molecule has 32 heavy (non-hydrogen) atoms. The molecule has 3 aromatic rings. The second kappa shape index (κ2) is 9.65. The number of nitrogens with zero attached hydrogens (tertiary/aromatic N) is 1. The van der Waals surface area contributed by atoms with E-state index in [9.17, 15) is 14.8 Å². The summed E-state index contributed by atoms with van der Waals surface area (Å²) in [6.07, 6.45) is 2.96. The summed E-state index contributed by atoms with van der Waals surface area (Å²) < 4.78 is 11.2. The molecule has 2 N–H and O–H groups in total. The fourth-order valence-electron chi connectivity index (χ4n) is 3.92. The lowest BCUT2D eigenvalue weighted by Gasteiger charge is -2.22. The van der Waals surface area contributed by atoms with E-state index in [2.05, 4.69) is 10.6 Å². The van der Waals surface area contributed by atoms with Gasteiger partial charge in [0.1, 0.15) is 11.4 Å². The number of benzene rings is 2. The van der Waals surface area contributed by atoms with E-state index in [1.807, 2.05) is 24.3 Å². The van der Waals surface area contributed by atoms with Crippen molar-refractivity contribution in [3.05, 3.63) is 71.2 Å². The Kier molecular flexibility index (Phi) is 6.51. The largest absolute Gasteiger partial charge is 0.618 e. The van der Waals surface area contributed by atoms with Crippen LogP contribution in [-0.2, 0) is 4.74 Å². The zero-order valence-corrected chi connectivity index (χ0v) is 17.8. The van der Waals surface area contributed by atoms with Gasteiger partial charge in [-0.05, 0) is 42.3 Å². The number of anilines is 1. The van der Waals surface area contributed by atoms with Crippen LogP contribution in [0.2, 0.25) is 0 Å². The number of amides is 2. The number of hydrogen-bond acceptors (Lipinski definition) is 5. The smallest absolute Gasteiger partial charge is 0.319 e. The predicted octanol–water partition coefficient (Wildman–Crippen LogP) is 2.89. The first-order chi connectivity index (χ1) is 15.6. The maximum atomic E-state index is 13.1. The van der Waals surface area contributed by atoms with E-state index >= 15 is 0 Å². The third-order valence-corrected chi connectivity index (χ3v) is 5.66. The van der Waals surface area contributed by atoms with Crippen LogP contribution in [0.3, 0.4) is 0 Å². The lowest BCUT2D eigenvalue weighted by Crippen LogP contribution is -2.42. The van der Waals surface area contributed by atoms with Crippen molar-refractivity contribution in [1.82, 2.24) is 5.32 Å². The van der Waals surface area contributed by atoms with Crippen molar-refractivity contribution >= 4 is 28.3 Å². The topological polar surface area (TPSA) is 104 Å². The molecule has 4 rings (SSSR count). The van der Waals surface area contributed by atoms with Crippen LogP contribution < -0.4 is 20.1 Å². The number of pyridine rings is 1. The zero-order valence-electron chi connectivity index (χ0n) is 17.8. The van der Waals surface area contributed by atoms with Gasteiger partial charge in [0.2, 0.25) is 0 Å². The van der Waals surface area contributed by atoms with Gasteiger partial charge in [-0.25, -0.2) is 0 Å². The number of carbonyl (C=O) groups excluding carboxylic acids is 2. The molecule has 1 aliphatic rings. The van der Waals surface area contributed by atoms with Crippen molar-refractivity contribution in [2.45, 2.75) is 12.8 Å². The van der Waals surface area contributed by atoms with Gasteiger partial charge in [0.05, 0.1) is 7.11 Å². The lowest BCUT2D eigenvalue weighted by atomic mass is 10.0. The molecule has 2 amide bonds. The average molecular weight is 435 g/mol. The number of methoxy groups -OCH3 is 1. The van der Waals surface area contributed by atoms with E-state index in [0.717, 1.165) is 18.2 Å². The number of aromatic nitrogens is 1. The minimum atomic E-state index is -0.526. The quantitative estimate of drug-likeness (QED) is 0.458. The Labute approximate surface area is 185 Å². The lowest BCUT2D eigenvalue weighted by molar-refractivity contribution is -0.607. The molecule has 0 spiro atoms. The normalized spacial score (nSPS) is 14.2. The molecule has 166 valence electrons. The molecule has 1 fully saturated rings. The standard InChI is InChI=1S/C24H25N3O5/c1-31-21-9-8-19(17-5-2-3-6-18(17)21)23(28)26-20-7-4-12-27(30)22(20)24(29)25-15-16-10-13-32-14-11-16/h2-9,12,16H,10-11,13-15H2,1H3,(H,25,29)(H,26,28). The van der Waals surface area contributed by atoms with Crippen molar-refractivity contribution < 1.29 is 23.8 Å². The number of fused-ring (bicyclic) bond motifs is 1. The van der Waals surface area contributed by atoms with E-state index < -0.39 is 11.8 Å². The third-order valence-electron chi connectivity index (χ3n) is 5.66. The van der Waals surface area contributed by atoms with Gasteiger partial charge >= 0.3 is 11.6 Å². The van der Waals surface area contributed by atoms with Gasteiger partial charge < -0.3 is 25.3 Å². The monoisotopic (exact) mass is 435 g/mol. The molecule has 0 radical (unpaired) electrons. The molecule has 1 saturated heterocycles. The molecule has 0 bridgehead atoms. The van der Waals surface area contributed by atoms with Gasteiger partial charge in [-0.2, -0.15) is 4.73 Å². The molecule has 8 heteroatoms. The van der Waals surface area contributed by atoms with E-state index in [0.29, 0.717) is 47.1 Å². The van der Waals surface area contributed by atoms with Gasteiger partial charge in [0.15, 0.2) is 6.20 Å². The summed E-state index contributed by atoms with van der Waals surface area (Å²) in [7, 11) is 1.57. The summed E-state index contributed by atoms with van der Waals surface area (Å²) >= 11 is 0. The summed E-state index contributed by atoms with van der Waals surface area (Å²) in [5.41, 5.74) is 0.416. The van der Waals surface area contributed by atoms with Crippen molar-refractivity contribution in [3.8, 4) is 5.75 Å². The molecule has 2 aromatic carbocycles. The fraction of sp³-hybridized carbons (Fsp3) is 0.292. The van der Waals surface area contributed by atoms with E-state index in [-0.39, 0.29) is 11.4 Å². The molecule has 0 atom stereocenters. The first-order valence-electron chi connectivity index (χ1n) is 10.5. The second-order valence-electron chi connectivity index (χ2n) is 7.68. The molecule has 0 unspecified atom stereocenters. The van der Waals surface area contributed by atoms with Crippen LogP contribution in [0.25, 0.3) is 10.8 Å². The summed E-state index contributed by atoms with van der Waals surface area (Å²) in [6.45, 7) is 1.79. The zero-order chi connectivity index (χ0) is 22.5. The SMILES string of the molecule is COc1ccc(C(=O)Nc2ccc[n+]([O-])c2C(=O)NCC2CCOCC2)c2ccccc12. The van der Waals surface area contributed by atoms with Gasteiger partial charge in [-0.3, -0.25) is 9.59 Å². The highest BCUT2D eigenvalue weighted by molar-refractivity contribution is 6.15. The van der Waals surface area contributed by atoms with E-state index in [1.54, 1.807) is 25.3 Å². The molecule has 0 saturated carbocycles. The number of rotatable bonds is 6. The molecular formula is C24H25N3O5. The summed E-state index contributed by atoms with van der Waals surface area (Å²) in [4.78, 5) is 25.9. The van der Waals surface area contributed by atoms with Gasteiger partial charge in [-0.15, -0.1) is 0 Å². The Bertz CT molecular complexity index is 1140. The number of carbonyl (C=O) groups is 2. The van der Waals surface area contributed by atoms with Crippen LogP contribution in [0.5, 0.6) is 5.75 Å².